The Labute approximate surface area is 178 Å². The van der Waals surface area contributed by atoms with E-state index in [9.17, 15) is 0 Å². The van der Waals surface area contributed by atoms with Crippen molar-refractivity contribution in [2.24, 2.45) is 10.9 Å². The summed E-state index contributed by atoms with van der Waals surface area (Å²) in [6, 6.07) is 0. The summed E-state index contributed by atoms with van der Waals surface area (Å²) in [5.41, 5.74) is 0. The number of hydrogen-bond donors (Lipinski definition) is 2. The average Bonchev–Trinajstić information content (AvgIpc) is 2.77. The van der Waals surface area contributed by atoms with E-state index in [-0.39, 0.29) is 0 Å². The Hall–Kier alpha value is -0.890. The highest BCUT2D eigenvalue weighted by Crippen LogP contribution is 2.14. The second-order valence-electron chi connectivity index (χ2n) is 8.15. The average molecular weight is 412 g/mol. The quantitative estimate of drug-likeness (QED) is 0.274. The fraction of sp³-hybridized carbons (Fsp3) is 0.955. The molecule has 0 atom stereocenters. The molecule has 0 aliphatic carbocycles. The van der Waals surface area contributed by atoms with Crippen LogP contribution < -0.4 is 10.6 Å². The maximum absolute atomic E-state index is 5.83. The topological polar surface area (TPSA) is 61.4 Å². The van der Waals surface area contributed by atoms with Crippen LogP contribution in [0.4, 0.5) is 0 Å². The van der Waals surface area contributed by atoms with Crippen molar-refractivity contribution in [3.8, 4) is 0 Å². The van der Waals surface area contributed by atoms with Gasteiger partial charge in [0.15, 0.2) is 5.96 Å². The van der Waals surface area contributed by atoms with Gasteiger partial charge in [0.05, 0.1) is 0 Å². The summed E-state index contributed by atoms with van der Waals surface area (Å²) < 4.78 is 11.2. The summed E-state index contributed by atoms with van der Waals surface area (Å²) in [6.07, 6.45) is 5.69. The molecule has 7 nitrogen and oxygen atoms in total. The van der Waals surface area contributed by atoms with Crippen molar-refractivity contribution in [1.29, 1.82) is 0 Å². The van der Waals surface area contributed by atoms with Crippen molar-refractivity contribution in [2.75, 3.05) is 85.3 Å². The summed E-state index contributed by atoms with van der Waals surface area (Å²) >= 11 is 0. The van der Waals surface area contributed by atoms with Crippen LogP contribution in [0.3, 0.4) is 0 Å². The largest absolute Gasteiger partial charge is 0.381 e. The Kier molecular flexibility index (Phi) is 13.4. The van der Waals surface area contributed by atoms with Gasteiger partial charge in [0.2, 0.25) is 0 Å². The van der Waals surface area contributed by atoms with Crippen LogP contribution in [-0.4, -0.2) is 101 Å². The van der Waals surface area contributed by atoms with Crippen molar-refractivity contribution in [3.63, 3.8) is 0 Å². The first-order valence-electron chi connectivity index (χ1n) is 11.9. The van der Waals surface area contributed by atoms with Gasteiger partial charge in [0.25, 0.3) is 0 Å². The van der Waals surface area contributed by atoms with Crippen molar-refractivity contribution in [2.45, 2.75) is 46.0 Å². The second kappa shape index (κ2) is 15.9. The van der Waals surface area contributed by atoms with E-state index in [1.165, 1.54) is 52.1 Å². The maximum Gasteiger partial charge on any atom is 0.191 e. The minimum absolute atomic E-state index is 0.682. The van der Waals surface area contributed by atoms with Gasteiger partial charge in [-0.1, -0.05) is 6.92 Å². The Morgan fingerprint density at radius 3 is 2.48 bits per heavy atom. The Morgan fingerprint density at radius 2 is 1.76 bits per heavy atom. The first-order valence-corrected chi connectivity index (χ1v) is 11.9. The molecule has 7 heteroatoms. The van der Waals surface area contributed by atoms with E-state index < -0.39 is 0 Å². The number of likely N-dealkylation sites (N-methyl/N-ethyl adjacent to an activating group) is 1. The first kappa shape index (κ1) is 24.4. The molecule has 0 aromatic carbocycles. The lowest BCUT2D eigenvalue weighted by atomic mass is 10.0. The first-order chi connectivity index (χ1) is 14.3. The summed E-state index contributed by atoms with van der Waals surface area (Å²) in [5, 5.41) is 6.82. The van der Waals surface area contributed by atoms with Gasteiger partial charge in [-0.3, -0.25) is 4.99 Å². The zero-order valence-corrected chi connectivity index (χ0v) is 19.0. The SMILES string of the molecule is CCNC(=NCCCOCC1CCOCC1)NCCCCN1CCN(CC)CC1. The summed E-state index contributed by atoms with van der Waals surface area (Å²) in [5.74, 6) is 1.62. The minimum atomic E-state index is 0.682. The molecule has 0 bridgehead atoms. The fourth-order valence-corrected chi connectivity index (χ4v) is 3.86. The molecule has 2 saturated heterocycles. The van der Waals surface area contributed by atoms with Gasteiger partial charge in [-0.05, 0) is 58.0 Å². The molecule has 0 unspecified atom stereocenters. The van der Waals surface area contributed by atoms with E-state index in [4.69, 9.17) is 9.47 Å². The van der Waals surface area contributed by atoms with Gasteiger partial charge in [-0.2, -0.15) is 0 Å². The lowest BCUT2D eigenvalue weighted by Crippen LogP contribution is -2.46. The lowest BCUT2D eigenvalue weighted by Gasteiger charge is -2.34. The zero-order chi connectivity index (χ0) is 20.6. The maximum atomic E-state index is 5.83. The zero-order valence-electron chi connectivity index (χ0n) is 19.0. The summed E-state index contributed by atoms with van der Waals surface area (Å²) in [4.78, 5) is 9.82. The molecular formula is C22H45N5O2. The number of nitrogens with zero attached hydrogens (tertiary/aromatic N) is 3. The van der Waals surface area contributed by atoms with Crippen LogP contribution >= 0.6 is 0 Å². The second-order valence-corrected chi connectivity index (χ2v) is 8.15. The Morgan fingerprint density at radius 1 is 1.00 bits per heavy atom. The molecule has 2 heterocycles. The predicted molar refractivity (Wildman–Crippen MR) is 121 cm³/mol. The van der Waals surface area contributed by atoms with Gasteiger partial charge in [0, 0.05) is 72.2 Å². The summed E-state index contributed by atoms with van der Waals surface area (Å²) in [6.45, 7) is 17.8. The van der Waals surface area contributed by atoms with Gasteiger partial charge < -0.3 is 29.9 Å². The predicted octanol–water partition coefficient (Wildman–Crippen LogP) is 1.79. The van der Waals surface area contributed by atoms with Crippen LogP contribution in [0, 0.1) is 5.92 Å². The van der Waals surface area contributed by atoms with Crippen LogP contribution in [0.5, 0.6) is 0 Å². The van der Waals surface area contributed by atoms with E-state index >= 15 is 0 Å². The molecule has 0 radical (unpaired) electrons. The van der Waals surface area contributed by atoms with Gasteiger partial charge in [-0.15, -0.1) is 0 Å². The normalized spacial score (nSPS) is 20.1. The van der Waals surface area contributed by atoms with Gasteiger partial charge in [-0.25, -0.2) is 0 Å². The minimum Gasteiger partial charge on any atom is -0.381 e. The van der Waals surface area contributed by atoms with Crippen LogP contribution in [0.1, 0.15) is 46.0 Å². The molecule has 0 spiro atoms. The molecular weight excluding hydrogens is 366 g/mol. The molecule has 2 aliphatic heterocycles. The molecule has 2 fully saturated rings. The van der Waals surface area contributed by atoms with E-state index in [1.54, 1.807) is 0 Å². The molecule has 2 aliphatic rings. The number of rotatable bonds is 13. The third-order valence-corrected chi connectivity index (χ3v) is 5.86. The molecule has 2 N–H and O–H groups in total. The standard InChI is InChI=1S/C22H45N5O2/c1-3-23-22(25-11-7-17-29-20-21-8-18-28-19-9-21)24-10-5-6-12-27-15-13-26(4-2)14-16-27/h21H,3-20H2,1-2H3,(H2,23,24,25). The molecule has 29 heavy (non-hydrogen) atoms. The number of nitrogens with one attached hydrogen (secondary N) is 2. The lowest BCUT2D eigenvalue weighted by molar-refractivity contribution is 0.0205. The van der Waals surface area contributed by atoms with Crippen LogP contribution in [-0.2, 0) is 9.47 Å². The molecule has 170 valence electrons. The van der Waals surface area contributed by atoms with Crippen molar-refractivity contribution >= 4 is 5.96 Å². The molecule has 0 saturated carbocycles. The molecule has 0 aromatic heterocycles. The number of unbranched alkanes of at least 4 members (excludes halogenated alkanes) is 1. The van der Waals surface area contributed by atoms with E-state index in [1.807, 2.05) is 0 Å². The van der Waals surface area contributed by atoms with Crippen LogP contribution in [0.2, 0.25) is 0 Å². The smallest absolute Gasteiger partial charge is 0.191 e. The Bertz CT molecular complexity index is 421. The highest BCUT2D eigenvalue weighted by Gasteiger charge is 2.15. The van der Waals surface area contributed by atoms with E-state index in [0.29, 0.717) is 5.92 Å². The Balaban J connectivity index is 1.47. The number of ether oxygens (including phenoxy) is 2. The van der Waals surface area contributed by atoms with Crippen molar-refractivity contribution < 1.29 is 9.47 Å². The van der Waals surface area contributed by atoms with Crippen LogP contribution in [0.15, 0.2) is 4.99 Å². The fourth-order valence-electron chi connectivity index (χ4n) is 3.86. The number of hydrogen-bond acceptors (Lipinski definition) is 5. The molecule has 0 amide bonds. The molecule has 2 rings (SSSR count). The third kappa shape index (κ3) is 11.2. The molecule has 0 aromatic rings. The monoisotopic (exact) mass is 411 g/mol. The number of aliphatic imine (C=N–C) groups is 1. The highest BCUT2D eigenvalue weighted by molar-refractivity contribution is 5.79. The third-order valence-electron chi connectivity index (χ3n) is 5.86. The van der Waals surface area contributed by atoms with E-state index in [0.717, 1.165) is 71.3 Å². The van der Waals surface area contributed by atoms with Crippen molar-refractivity contribution in [1.82, 2.24) is 20.4 Å². The van der Waals surface area contributed by atoms with Gasteiger partial charge in [0.1, 0.15) is 0 Å². The summed E-state index contributed by atoms with van der Waals surface area (Å²) in [7, 11) is 0. The van der Waals surface area contributed by atoms with Crippen molar-refractivity contribution in [3.05, 3.63) is 0 Å². The van der Waals surface area contributed by atoms with Gasteiger partial charge >= 0.3 is 0 Å². The number of guanidine groups is 1. The number of piperazine rings is 1. The van der Waals surface area contributed by atoms with E-state index in [2.05, 4.69) is 39.3 Å². The highest BCUT2D eigenvalue weighted by atomic mass is 16.5. The van der Waals surface area contributed by atoms with Crippen LogP contribution in [0.25, 0.3) is 0 Å².